The number of rotatable bonds is 5. The average Bonchev–Trinajstić information content (AvgIpc) is 3.63. The first-order chi connectivity index (χ1) is 21.8. The average molecular weight is 597 g/mol. The van der Waals surface area contributed by atoms with E-state index in [0.29, 0.717) is 5.92 Å². The van der Waals surface area contributed by atoms with Crippen LogP contribution < -0.4 is 0 Å². The van der Waals surface area contributed by atoms with Gasteiger partial charge in [0.15, 0.2) is 0 Å². The fourth-order valence-electron chi connectivity index (χ4n) is 6.80. The van der Waals surface area contributed by atoms with Crippen molar-refractivity contribution in [2.24, 2.45) is 0 Å². The van der Waals surface area contributed by atoms with Crippen molar-refractivity contribution in [3.05, 3.63) is 168 Å². The van der Waals surface area contributed by atoms with Crippen molar-refractivity contribution in [1.29, 1.82) is 0 Å². The molecule has 0 aliphatic heterocycles. The fourth-order valence-corrected chi connectivity index (χ4v) is 9.04. The van der Waals surface area contributed by atoms with Gasteiger partial charge in [0.25, 0.3) is 0 Å². The zero-order valence-electron chi connectivity index (χ0n) is 24.0. The molecule has 0 saturated carbocycles. The van der Waals surface area contributed by atoms with Gasteiger partial charge in [0.1, 0.15) is 0 Å². The summed E-state index contributed by atoms with van der Waals surface area (Å²) in [4.78, 5) is 0. The van der Waals surface area contributed by atoms with Gasteiger partial charge < -0.3 is 0 Å². The van der Waals surface area contributed by atoms with Gasteiger partial charge in [-0.15, -0.1) is 22.7 Å². The van der Waals surface area contributed by atoms with Gasteiger partial charge >= 0.3 is 0 Å². The summed E-state index contributed by atoms with van der Waals surface area (Å²) in [5.41, 5.74) is 6.65. The summed E-state index contributed by atoms with van der Waals surface area (Å²) in [7, 11) is 0. The highest BCUT2D eigenvalue weighted by atomic mass is 32.1. The second-order valence-corrected chi connectivity index (χ2v) is 13.9. The molecule has 0 radical (unpaired) electrons. The molecular weight excluding hydrogens is 569 g/mol. The molecular formula is C42H28S2. The standard InChI is InChI=1S/C42H28S2/c1-3-9-27(10-4-1)21-35(28-11-5-2-6-12-28)33-17-20-39-36(24-33)34-18-15-32(26-41(34)43-39)31-16-19-40-37(23-31)38-22-29-13-7-8-14-30(29)25-42(38)44-40/h1-20,22-26,35H,21H2. The van der Waals surface area contributed by atoms with Gasteiger partial charge in [-0.1, -0.05) is 109 Å². The molecule has 0 amide bonds. The summed E-state index contributed by atoms with van der Waals surface area (Å²) >= 11 is 3.79. The zero-order valence-corrected chi connectivity index (χ0v) is 25.7. The van der Waals surface area contributed by atoms with Gasteiger partial charge in [-0.3, -0.25) is 0 Å². The molecule has 2 aromatic heterocycles. The van der Waals surface area contributed by atoms with Crippen molar-refractivity contribution in [3.63, 3.8) is 0 Å². The highest BCUT2D eigenvalue weighted by Gasteiger charge is 2.17. The molecule has 0 fully saturated rings. The highest BCUT2D eigenvalue weighted by molar-refractivity contribution is 7.26. The molecule has 44 heavy (non-hydrogen) atoms. The van der Waals surface area contributed by atoms with Crippen molar-refractivity contribution in [3.8, 4) is 11.1 Å². The van der Waals surface area contributed by atoms with E-state index in [9.17, 15) is 0 Å². The van der Waals surface area contributed by atoms with Crippen LogP contribution in [0.4, 0.5) is 0 Å². The van der Waals surface area contributed by atoms with Crippen LogP contribution in [0.2, 0.25) is 0 Å². The van der Waals surface area contributed by atoms with Crippen LogP contribution in [0.1, 0.15) is 22.6 Å². The van der Waals surface area contributed by atoms with Crippen LogP contribution in [0.15, 0.2) is 152 Å². The minimum Gasteiger partial charge on any atom is -0.135 e. The first-order valence-corrected chi connectivity index (χ1v) is 16.8. The lowest BCUT2D eigenvalue weighted by Gasteiger charge is -2.19. The third-order valence-electron chi connectivity index (χ3n) is 9.05. The highest BCUT2D eigenvalue weighted by Crippen LogP contribution is 2.41. The molecule has 0 aliphatic rings. The second kappa shape index (κ2) is 10.4. The zero-order chi connectivity index (χ0) is 29.0. The Hall–Kier alpha value is -4.76. The van der Waals surface area contributed by atoms with Crippen LogP contribution in [-0.4, -0.2) is 0 Å². The van der Waals surface area contributed by atoms with Gasteiger partial charge in [0, 0.05) is 46.3 Å². The molecule has 0 N–H and O–H groups in total. The predicted octanol–water partition coefficient (Wildman–Crippen LogP) is 12.6. The normalized spacial score (nSPS) is 12.5. The molecule has 208 valence electrons. The van der Waals surface area contributed by atoms with Crippen LogP contribution in [0.3, 0.4) is 0 Å². The van der Waals surface area contributed by atoms with E-state index >= 15 is 0 Å². The van der Waals surface area contributed by atoms with Gasteiger partial charge in [-0.2, -0.15) is 0 Å². The Bertz CT molecular complexity index is 2460. The van der Waals surface area contributed by atoms with Gasteiger partial charge in [-0.25, -0.2) is 0 Å². The van der Waals surface area contributed by atoms with Crippen LogP contribution in [0, 0.1) is 0 Å². The lowest BCUT2D eigenvalue weighted by Crippen LogP contribution is -2.05. The third-order valence-corrected chi connectivity index (χ3v) is 11.3. The van der Waals surface area contributed by atoms with Crippen LogP contribution in [0.5, 0.6) is 0 Å². The number of thiophene rings is 2. The Kier molecular flexibility index (Phi) is 6.11. The summed E-state index contributed by atoms with van der Waals surface area (Å²) in [5.74, 6) is 0.307. The van der Waals surface area contributed by atoms with Crippen LogP contribution >= 0.6 is 22.7 Å². The lowest BCUT2D eigenvalue weighted by atomic mass is 9.85. The van der Waals surface area contributed by atoms with E-state index < -0.39 is 0 Å². The number of benzene rings is 7. The minimum absolute atomic E-state index is 0.307. The van der Waals surface area contributed by atoms with Crippen LogP contribution in [-0.2, 0) is 6.42 Å². The van der Waals surface area contributed by atoms with Crippen LogP contribution in [0.25, 0.3) is 62.2 Å². The minimum atomic E-state index is 0.307. The first kappa shape index (κ1) is 25.7. The number of hydrogen-bond acceptors (Lipinski definition) is 2. The van der Waals surface area contributed by atoms with E-state index in [1.807, 2.05) is 22.7 Å². The van der Waals surface area contributed by atoms with Crippen molar-refractivity contribution < 1.29 is 0 Å². The summed E-state index contributed by atoms with van der Waals surface area (Å²) in [5, 5.41) is 8.00. The molecule has 1 atom stereocenters. The van der Waals surface area contributed by atoms with E-state index in [4.69, 9.17) is 0 Å². The molecule has 2 heterocycles. The Morgan fingerprint density at radius 3 is 1.77 bits per heavy atom. The molecule has 9 rings (SSSR count). The first-order valence-electron chi connectivity index (χ1n) is 15.2. The summed E-state index contributed by atoms with van der Waals surface area (Å²) < 4.78 is 5.39. The largest absolute Gasteiger partial charge is 0.135 e. The van der Waals surface area contributed by atoms with E-state index in [-0.39, 0.29) is 0 Å². The molecule has 9 aromatic rings. The molecule has 0 aliphatic carbocycles. The van der Waals surface area contributed by atoms with Crippen molar-refractivity contribution in [2.75, 3.05) is 0 Å². The maximum absolute atomic E-state index is 2.45. The monoisotopic (exact) mass is 596 g/mol. The Labute approximate surface area is 264 Å². The molecule has 0 saturated heterocycles. The fraction of sp³-hybridized carbons (Fsp3) is 0.0476. The summed E-state index contributed by atoms with van der Waals surface area (Å²) in [6.45, 7) is 0. The molecule has 2 heteroatoms. The Morgan fingerprint density at radius 1 is 0.386 bits per heavy atom. The Balaban J connectivity index is 1.13. The maximum Gasteiger partial charge on any atom is 0.0361 e. The topological polar surface area (TPSA) is 0 Å². The van der Waals surface area contributed by atoms with Gasteiger partial charge in [-0.05, 0) is 87.5 Å². The maximum atomic E-state index is 2.45. The second-order valence-electron chi connectivity index (χ2n) is 11.7. The summed E-state index contributed by atoms with van der Waals surface area (Å²) in [6.07, 6.45) is 0.984. The third kappa shape index (κ3) is 4.42. The van der Waals surface area contributed by atoms with E-state index in [1.54, 1.807) is 0 Å². The van der Waals surface area contributed by atoms with E-state index in [1.165, 1.54) is 78.9 Å². The lowest BCUT2D eigenvalue weighted by molar-refractivity contribution is 0.806. The van der Waals surface area contributed by atoms with Crippen molar-refractivity contribution >= 4 is 73.8 Å². The Morgan fingerprint density at radius 2 is 0.977 bits per heavy atom. The van der Waals surface area contributed by atoms with E-state index in [2.05, 4.69) is 152 Å². The molecule has 0 spiro atoms. The van der Waals surface area contributed by atoms with Crippen molar-refractivity contribution in [2.45, 2.75) is 12.3 Å². The molecule has 1 unspecified atom stereocenters. The predicted molar refractivity (Wildman–Crippen MR) is 194 cm³/mol. The SMILES string of the molecule is c1ccc(CC(c2ccccc2)c2ccc3sc4cc(-c5ccc6sc7cc8ccccc8cc7c6c5)ccc4c3c2)cc1. The van der Waals surface area contributed by atoms with Gasteiger partial charge in [0.05, 0.1) is 0 Å². The molecule has 0 bridgehead atoms. The number of fused-ring (bicyclic) bond motifs is 7. The summed E-state index contributed by atoms with van der Waals surface area (Å²) in [6, 6.07) is 56.4. The molecule has 7 aromatic carbocycles. The number of hydrogen-bond donors (Lipinski definition) is 0. The van der Waals surface area contributed by atoms with Gasteiger partial charge in [0.2, 0.25) is 0 Å². The quantitative estimate of drug-likeness (QED) is 0.185. The van der Waals surface area contributed by atoms with E-state index in [0.717, 1.165) is 6.42 Å². The smallest absolute Gasteiger partial charge is 0.0361 e. The van der Waals surface area contributed by atoms with Crippen molar-refractivity contribution in [1.82, 2.24) is 0 Å². The molecule has 0 nitrogen and oxygen atoms in total.